The van der Waals surface area contributed by atoms with E-state index in [9.17, 15) is 9.59 Å². The van der Waals surface area contributed by atoms with Crippen LogP contribution in [0.1, 0.15) is 53.7 Å². The summed E-state index contributed by atoms with van der Waals surface area (Å²) < 4.78 is 6.26. The van der Waals surface area contributed by atoms with E-state index in [1.165, 1.54) is 6.42 Å². The average Bonchev–Trinajstić information content (AvgIpc) is 2.97. The number of hydrogen-bond donors (Lipinski definition) is 0. The Morgan fingerprint density at radius 2 is 1.84 bits per heavy atom. The van der Waals surface area contributed by atoms with Crippen LogP contribution in [0.5, 0.6) is 0 Å². The molecule has 4 rings (SSSR count). The van der Waals surface area contributed by atoms with Gasteiger partial charge in [-0.2, -0.15) is 0 Å². The third-order valence-corrected chi connectivity index (χ3v) is 6.34. The Balaban J connectivity index is 1.54. The highest BCUT2D eigenvalue weighted by Gasteiger charge is 2.35. The number of pyridine rings is 1. The van der Waals surface area contributed by atoms with E-state index in [0.717, 1.165) is 31.2 Å². The first kappa shape index (κ1) is 21.5. The fourth-order valence-electron chi connectivity index (χ4n) is 4.62. The molecule has 2 aliphatic rings. The largest absolute Gasteiger partial charge is 0.370 e. The van der Waals surface area contributed by atoms with Crippen molar-refractivity contribution in [1.29, 1.82) is 0 Å². The zero-order chi connectivity index (χ0) is 21.6. The van der Waals surface area contributed by atoms with Crippen LogP contribution < -0.4 is 0 Å². The molecule has 1 aliphatic carbocycles. The summed E-state index contributed by atoms with van der Waals surface area (Å²) >= 11 is 0. The SMILES string of the molecule is Cc1ncccc1C(=O)N1CC(=O)N(C2CCCCC2)CC(OCc2ccccc2)C1. The minimum atomic E-state index is -0.227. The predicted octanol–water partition coefficient (Wildman–Crippen LogP) is 3.59. The van der Waals surface area contributed by atoms with E-state index in [1.807, 2.05) is 42.2 Å². The average molecular weight is 422 g/mol. The van der Waals surface area contributed by atoms with E-state index in [2.05, 4.69) is 4.98 Å². The van der Waals surface area contributed by atoms with Gasteiger partial charge in [0.15, 0.2) is 0 Å². The van der Waals surface area contributed by atoms with E-state index in [-0.39, 0.29) is 30.5 Å². The van der Waals surface area contributed by atoms with Crippen molar-refractivity contribution in [2.24, 2.45) is 0 Å². The van der Waals surface area contributed by atoms with E-state index in [4.69, 9.17) is 4.74 Å². The summed E-state index contributed by atoms with van der Waals surface area (Å²) in [5.74, 6) is -0.134. The Morgan fingerprint density at radius 3 is 2.58 bits per heavy atom. The topological polar surface area (TPSA) is 62.7 Å². The van der Waals surface area contributed by atoms with Crippen LogP contribution in [0.15, 0.2) is 48.7 Å². The van der Waals surface area contributed by atoms with Gasteiger partial charge in [-0.15, -0.1) is 0 Å². The summed E-state index contributed by atoms with van der Waals surface area (Å²) in [6.07, 6.45) is 7.06. The molecule has 6 heteroatoms. The summed E-state index contributed by atoms with van der Waals surface area (Å²) in [5, 5.41) is 0. The van der Waals surface area contributed by atoms with Crippen LogP contribution in [0.3, 0.4) is 0 Å². The molecule has 0 N–H and O–H groups in total. The van der Waals surface area contributed by atoms with Gasteiger partial charge in [0.1, 0.15) is 6.54 Å². The summed E-state index contributed by atoms with van der Waals surface area (Å²) in [6.45, 7) is 3.31. The van der Waals surface area contributed by atoms with Crippen molar-refractivity contribution in [3.05, 3.63) is 65.5 Å². The van der Waals surface area contributed by atoms with Crippen molar-refractivity contribution in [3.63, 3.8) is 0 Å². The molecule has 2 aromatic rings. The molecule has 164 valence electrons. The predicted molar refractivity (Wildman–Crippen MR) is 118 cm³/mol. The number of carbonyl (C=O) groups excluding carboxylic acids is 2. The van der Waals surface area contributed by atoms with Crippen LogP contribution in [0, 0.1) is 6.92 Å². The van der Waals surface area contributed by atoms with E-state index in [0.29, 0.717) is 31.0 Å². The number of rotatable bonds is 5. The van der Waals surface area contributed by atoms with Crippen LogP contribution in [-0.2, 0) is 16.1 Å². The first-order chi connectivity index (χ1) is 15.1. The second kappa shape index (κ2) is 10.1. The second-order valence-corrected chi connectivity index (χ2v) is 8.58. The maximum absolute atomic E-state index is 13.3. The Morgan fingerprint density at radius 1 is 1.06 bits per heavy atom. The quantitative estimate of drug-likeness (QED) is 0.740. The Kier molecular flexibility index (Phi) is 6.97. The molecule has 31 heavy (non-hydrogen) atoms. The summed E-state index contributed by atoms with van der Waals surface area (Å²) in [6, 6.07) is 13.8. The number of amides is 2. The molecule has 1 saturated heterocycles. The minimum Gasteiger partial charge on any atom is -0.370 e. The molecule has 2 heterocycles. The number of hydrogen-bond acceptors (Lipinski definition) is 4. The molecule has 2 amide bonds. The van der Waals surface area contributed by atoms with Crippen molar-refractivity contribution >= 4 is 11.8 Å². The Bertz CT molecular complexity index is 896. The molecule has 1 atom stereocenters. The van der Waals surface area contributed by atoms with E-state index >= 15 is 0 Å². The lowest BCUT2D eigenvalue weighted by atomic mass is 9.94. The molecule has 1 saturated carbocycles. The molecule has 0 radical (unpaired) electrons. The molecule has 0 bridgehead atoms. The van der Waals surface area contributed by atoms with Gasteiger partial charge >= 0.3 is 0 Å². The van der Waals surface area contributed by atoms with Gasteiger partial charge in [-0.1, -0.05) is 49.6 Å². The number of ether oxygens (including phenoxy) is 1. The van der Waals surface area contributed by atoms with Crippen LogP contribution in [0.2, 0.25) is 0 Å². The van der Waals surface area contributed by atoms with Crippen LogP contribution >= 0.6 is 0 Å². The van der Waals surface area contributed by atoms with Gasteiger partial charge in [-0.25, -0.2) is 0 Å². The molecule has 2 fully saturated rings. The lowest BCUT2D eigenvalue weighted by molar-refractivity contribution is -0.134. The Hall–Kier alpha value is -2.73. The molecular formula is C25H31N3O3. The number of aryl methyl sites for hydroxylation is 1. The highest BCUT2D eigenvalue weighted by molar-refractivity contribution is 5.97. The van der Waals surface area contributed by atoms with Gasteiger partial charge in [0.05, 0.1) is 18.3 Å². The van der Waals surface area contributed by atoms with Crippen molar-refractivity contribution in [2.45, 2.75) is 57.8 Å². The number of carbonyl (C=O) groups is 2. The first-order valence-electron chi connectivity index (χ1n) is 11.3. The van der Waals surface area contributed by atoms with Crippen LogP contribution in [0.4, 0.5) is 0 Å². The third kappa shape index (κ3) is 5.31. The van der Waals surface area contributed by atoms with E-state index < -0.39 is 0 Å². The number of nitrogens with zero attached hydrogens (tertiary/aromatic N) is 3. The molecule has 6 nitrogen and oxygen atoms in total. The monoisotopic (exact) mass is 421 g/mol. The number of benzene rings is 1. The lowest BCUT2D eigenvalue weighted by Gasteiger charge is -2.34. The van der Waals surface area contributed by atoms with Crippen LogP contribution in [-0.4, -0.2) is 58.4 Å². The molecule has 1 aliphatic heterocycles. The minimum absolute atomic E-state index is 0.0209. The highest BCUT2D eigenvalue weighted by atomic mass is 16.5. The standard InChI is InChI=1S/C25H31N3O3/c1-19-23(13-8-14-26-19)25(30)27-15-22(31-18-20-9-4-2-5-10-20)16-28(24(29)17-27)21-11-6-3-7-12-21/h2,4-5,8-10,13-14,21-22H,3,6-7,11-12,15-18H2,1H3. The van der Waals surface area contributed by atoms with Crippen LogP contribution in [0.25, 0.3) is 0 Å². The molecule has 1 unspecified atom stereocenters. The maximum atomic E-state index is 13.3. The van der Waals surface area contributed by atoms with Crippen molar-refractivity contribution in [2.75, 3.05) is 19.6 Å². The zero-order valence-corrected chi connectivity index (χ0v) is 18.2. The summed E-state index contributed by atoms with van der Waals surface area (Å²) in [7, 11) is 0. The van der Waals surface area contributed by atoms with Crippen molar-refractivity contribution in [3.8, 4) is 0 Å². The van der Waals surface area contributed by atoms with Gasteiger partial charge in [0.25, 0.3) is 5.91 Å². The smallest absolute Gasteiger partial charge is 0.256 e. The Labute approximate surface area is 184 Å². The molecule has 1 aromatic heterocycles. The van der Waals surface area contributed by atoms with Gasteiger partial charge < -0.3 is 14.5 Å². The molecule has 0 spiro atoms. The van der Waals surface area contributed by atoms with Gasteiger partial charge in [0, 0.05) is 31.0 Å². The van der Waals surface area contributed by atoms with Gasteiger partial charge in [0.2, 0.25) is 5.91 Å². The molecular weight excluding hydrogens is 390 g/mol. The summed E-state index contributed by atoms with van der Waals surface area (Å²) in [5.41, 5.74) is 2.31. The second-order valence-electron chi connectivity index (χ2n) is 8.58. The fourth-order valence-corrected chi connectivity index (χ4v) is 4.62. The summed E-state index contributed by atoms with van der Waals surface area (Å²) in [4.78, 5) is 34.4. The maximum Gasteiger partial charge on any atom is 0.256 e. The fraction of sp³-hybridized carbons (Fsp3) is 0.480. The van der Waals surface area contributed by atoms with Gasteiger partial charge in [-0.3, -0.25) is 14.6 Å². The normalized spacial score (nSPS) is 20.5. The molecule has 1 aromatic carbocycles. The van der Waals surface area contributed by atoms with Crippen molar-refractivity contribution < 1.29 is 14.3 Å². The van der Waals surface area contributed by atoms with Crippen molar-refractivity contribution in [1.82, 2.24) is 14.8 Å². The first-order valence-corrected chi connectivity index (χ1v) is 11.3. The van der Waals surface area contributed by atoms with E-state index in [1.54, 1.807) is 23.2 Å². The van der Waals surface area contributed by atoms with Gasteiger partial charge in [-0.05, 0) is 37.5 Å². The highest BCUT2D eigenvalue weighted by Crippen LogP contribution is 2.25. The number of aromatic nitrogens is 1. The zero-order valence-electron chi connectivity index (χ0n) is 18.2. The third-order valence-electron chi connectivity index (χ3n) is 6.34. The lowest BCUT2D eigenvalue weighted by Crippen LogP contribution is -2.46.